The van der Waals surface area contributed by atoms with E-state index in [1.165, 1.54) is 16.9 Å². The summed E-state index contributed by atoms with van der Waals surface area (Å²) in [7, 11) is 0. The molecule has 0 aliphatic rings. The van der Waals surface area contributed by atoms with Crippen LogP contribution in [0.5, 0.6) is 0 Å². The van der Waals surface area contributed by atoms with Gasteiger partial charge in [0, 0.05) is 29.8 Å². The van der Waals surface area contributed by atoms with Crippen molar-refractivity contribution in [2.75, 3.05) is 23.3 Å². The number of carbonyl (C=O) groups excluding carboxylic acids is 1. The summed E-state index contributed by atoms with van der Waals surface area (Å²) < 4.78 is 5.41. The molecule has 3 rings (SSSR count). The van der Waals surface area contributed by atoms with E-state index in [9.17, 15) is 4.79 Å². The number of anilines is 3. The average molecular weight is 396 g/mol. The van der Waals surface area contributed by atoms with Gasteiger partial charge < -0.3 is 15.0 Å². The Kier molecular flexibility index (Phi) is 6.66. The molecule has 1 N–H and O–H groups in total. The first kappa shape index (κ1) is 19.9. The normalized spacial score (nSPS) is 10.5. The largest absolute Gasteiger partial charge is 0.456 e. The van der Waals surface area contributed by atoms with Crippen LogP contribution in [0.4, 0.5) is 16.5 Å². The lowest BCUT2D eigenvalue weighted by atomic mass is 10.2. The van der Waals surface area contributed by atoms with Crippen molar-refractivity contribution < 1.29 is 9.53 Å². The second kappa shape index (κ2) is 9.37. The summed E-state index contributed by atoms with van der Waals surface area (Å²) >= 11 is 1.49. The molecule has 146 valence electrons. The number of aryl methyl sites for hydroxylation is 1. The number of rotatable bonds is 8. The number of esters is 1. The van der Waals surface area contributed by atoms with Gasteiger partial charge in [-0.25, -0.2) is 9.78 Å². The van der Waals surface area contributed by atoms with Gasteiger partial charge in [-0.15, -0.1) is 11.3 Å². The number of thiazole rings is 1. The Morgan fingerprint density at radius 3 is 2.39 bits per heavy atom. The molecule has 0 fully saturated rings. The molecule has 3 aromatic rings. The number of ether oxygens (including phenoxy) is 1. The number of carbonyl (C=O) groups is 1. The number of hydrogen-bond acceptors (Lipinski definition) is 6. The van der Waals surface area contributed by atoms with Crippen LogP contribution in [-0.4, -0.2) is 24.0 Å². The van der Waals surface area contributed by atoms with Crippen molar-refractivity contribution >= 4 is 33.8 Å². The summed E-state index contributed by atoms with van der Waals surface area (Å²) in [5, 5.41) is 5.93. The summed E-state index contributed by atoms with van der Waals surface area (Å²) in [5.74, 6) is -0.341. The Morgan fingerprint density at radius 2 is 1.75 bits per heavy atom. The summed E-state index contributed by atoms with van der Waals surface area (Å²) in [6.07, 6.45) is 0. The molecule has 0 aliphatic heterocycles. The van der Waals surface area contributed by atoms with Crippen molar-refractivity contribution in [2.45, 2.75) is 27.4 Å². The van der Waals surface area contributed by atoms with Crippen molar-refractivity contribution in [1.82, 2.24) is 4.98 Å². The minimum absolute atomic E-state index is 0.155. The van der Waals surface area contributed by atoms with Crippen molar-refractivity contribution in [2.24, 2.45) is 0 Å². The quantitative estimate of drug-likeness (QED) is 0.518. The van der Waals surface area contributed by atoms with Gasteiger partial charge >= 0.3 is 5.97 Å². The number of nitrogens with zero attached hydrogens (tertiary/aromatic N) is 2. The van der Waals surface area contributed by atoms with Crippen LogP contribution in [0.2, 0.25) is 0 Å². The van der Waals surface area contributed by atoms with Crippen molar-refractivity contribution in [3.05, 3.63) is 70.7 Å². The molecule has 6 heteroatoms. The van der Waals surface area contributed by atoms with Gasteiger partial charge in [0.05, 0.1) is 11.3 Å². The molecule has 0 bridgehead atoms. The first-order valence-electron chi connectivity index (χ1n) is 9.39. The number of benzene rings is 2. The van der Waals surface area contributed by atoms with E-state index in [1.807, 2.05) is 41.8 Å². The predicted molar refractivity (Wildman–Crippen MR) is 116 cm³/mol. The highest BCUT2D eigenvalue weighted by Crippen LogP contribution is 2.22. The molecule has 0 radical (unpaired) electrons. The minimum Gasteiger partial charge on any atom is -0.456 e. The van der Waals surface area contributed by atoms with E-state index in [-0.39, 0.29) is 12.6 Å². The van der Waals surface area contributed by atoms with Crippen molar-refractivity contribution in [1.29, 1.82) is 0 Å². The van der Waals surface area contributed by atoms with Crippen LogP contribution in [0.3, 0.4) is 0 Å². The van der Waals surface area contributed by atoms with Gasteiger partial charge in [-0.1, -0.05) is 17.7 Å². The van der Waals surface area contributed by atoms with Gasteiger partial charge in [-0.2, -0.15) is 0 Å². The second-order valence-corrected chi connectivity index (χ2v) is 7.29. The molecule has 0 spiro atoms. The van der Waals surface area contributed by atoms with E-state index in [0.717, 1.165) is 35.3 Å². The molecule has 0 unspecified atom stereocenters. The molecule has 1 aromatic heterocycles. The predicted octanol–water partition coefficient (Wildman–Crippen LogP) is 5.40. The van der Waals surface area contributed by atoms with E-state index in [1.54, 1.807) is 12.1 Å². The van der Waals surface area contributed by atoms with Crippen molar-refractivity contribution in [3.8, 4) is 0 Å². The molecule has 5 nitrogen and oxygen atoms in total. The van der Waals surface area contributed by atoms with E-state index in [4.69, 9.17) is 4.74 Å². The molecular formula is C22H25N3O2S. The maximum absolute atomic E-state index is 12.3. The third-order valence-electron chi connectivity index (χ3n) is 4.44. The molecule has 0 amide bonds. The van der Waals surface area contributed by atoms with E-state index in [2.05, 4.69) is 36.0 Å². The van der Waals surface area contributed by atoms with Crippen LogP contribution in [0, 0.1) is 6.92 Å². The highest BCUT2D eigenvalue weighted by molar-refractivity contribution is 7.13. The minimum atomic E-state index is -0.341. The fraction of sp³-hybridized carbons (Fsp3) is 0.273. The Hall–Kier alpha value is -2.86. The zero-order valence-corrected chi connectivity index (χ0v) is 17.3. The summed E-state index contributed by atoms with van der Waals surface area (Å²) in [5.41, 5.74) is 4.57. The van der Waals surface area contributed by atoms with Gasteiger partial charge in [0.25, 0.3) is 0 Å². The Morgan fingerprint density at radius 1 is 1.07 bits per heavy atom. The third kappa shape index (κ3) is 5.10. The van der Waals surface area contributed by atoms with Crippen LogP contribution in [-0.2, 0) is 11.3 Å². The van der Waals surface area contributed by atoms with E-state index in [0.29, 0.717) is 5.56 Å². The SMILES string of the molecule is CCN(CC)c1ccc(C(=O)OCc2csc(Nc3ccc(C)cc3)n2)cc1. The average Bonchev–Trinajstić information content (AvgIpc) is 3.17. The van der Waals surface area contributed by atoms with E-state index < -0.39 is 0 Å². The maximum atomic E-state index is 12.3. The lowest BCUT2D eigenvalue weighted by molar-refractivity contribution is 0.0468. The molecule has 0 atom stereocenters. The van der Waals surface area contributed by atoms with Gasteiger partial charge in [-0.05, 0) is 57.2 Å². The molecule has 0 aliphatic carbocycles. The molecule has 1 heterocycles. The fourth-order valence-electron chi connectivity index (χ4n) is 2.81. The lowest BCUT2D eigenvalue weighted by Gasteiger charge is -2.20. The Balaban J connectivity index is 1.54. The first-order chi connectivity index (χ1) is 13.6. The van der Waals surface area contributed by atoms with Crippen molar-refractivity contribution in [3.63, 3.8) is 0 Å². The zero-order chi connectivity index (χ0) is 19.9. The topological polar surface area (TPSA) is 54.5 Å². The standard InChI is InChI=1S/C22H25N3O2S/c1-4-25(5-2)20-12-8-17(9-13-20)21(26)27-14-19-15-28-22(24-19)23-18-10-6-16(3)7-11-18/h6-13,15H,4-5,14H2,1-3H3,(H,23,24). The summed E-state index contributed by atoms with van der Waals surface area (Å²) in [6.45, 7) is 8.30. The van der Waals surface area contributed by atoms with Crippen LogP contribution >= 0.6 is 11.3 Å². The molecule has 0 saturated heterocycles. The van der Waals surface area contributed by atoms with Gasteiger partial charge in [0.2, 0.25) is 0 Å². The van der Waals surface area contributed by atoms with Crippen LogP contribution in [0.1, 0.15) is 35.5 Å². The highest BCUT2D eigenvalue weighted by Gasteiger charge is 2.10. The van der Waals surface area contributed by atoms with Crippen LogP contribution in [0.15, 0.2) is 53.9 Å². The van der Waals surface area contributed by atoms with Crippen LogP contribution in [0.25, 0.3) is 0 Å². The number of hydrogen-bond donors (Lipinski definition) is 1. The Bertz CT molecular complexity index is 900. The van der Waals surface area contributed by atoms with Crippen LogP contribution < -0.4 is 10.2 Å². The lowest BCUT2D eigenvalue weighted by Crippen LogP contribution is -2.21. The molecular weight excluding hydrogens is 370 g/mol. The zero-order valence-electron chi connectivity index (χ0n) is 16.4. The third-order valence-corrected chi connectivity index (χ3v) is 5.24. The maximum Gasteiger partial charge on any atom is 0.338 e. The smallest absolute Gasteiger partial charge is 0.338 e. The fourth-order valence-corrected chi connectivity index (χ4v) is 3.53. The number of nitrogens with one attached hydrogen (secondary N) is 1. The monoisotopic (exact) mass is 395 g/mol. The molecule has 0 saturated carbocycles. The Labute approximate surface area is 170 Å². The molecule has 2 aromatic carbocycles. The highest BCUT2D eigenvalue weighted by atomic mass is 32.1. The first-order valence-corrected chi connectivity index (χ1v) is 10.3. The molecule has 28 heavy (non-hydrogen) atoms. The number of aromatic nitrogens is 1. The summed E-state index contributed by atoms with van der Waals surface area (Å²) in [4.78, 5) is 19.0. The second-order valence-electron chi connectivity index (χ2n) is 6.43. The van der Waals surface area contributed by atoms with E-state index >= 15 is 0 Å². The summed E-state index contributed by atoms with van der Waals surface area (Å²) in [6, 6.07) is 15.6. The van der Waals surface area contributed by atoms with Gasteiger partial charge in [0.1, 0.15) is 6.61 Å². The van der Waals surface area contributed by atoms with Gasteiger partial charge in [-0.3, -0.25) is 0 Å². The van der Waals surface area contributed by atoms with Gasteiger partial charge in [0.15, 0.2) is 5.13 Å².